The molecular weight excluding hydrogens is 328 g/mol. The van der Waals surface area contributed by atoms with Gasteiger partial charge in [-0.15, -0.1) is 0 Å². The van der Waals surface area contributed by atoms with Crippen LogP contribution in [-0.2, 0) is 14.3 Å². The molecule has 0 aromatic carbocycles. The van der Waals surface area contributed by atoms with Crippen molar-refractivity contribution in [3.05, 3.63) is 28.5 Å². The summed E-state index contributed by atoms with van der Waals surface area (Å²) in [5.74, 6) is -0.595. The molecule has 6 nitrogen and oxygen atoms in total. The lowest BCUT2D eigenvalue weighted by Gasteiger charge is -2.21. The van der Waals surface area contributed by atoms with Crippen LogP contribution < -0.4 is 0 Å². The number of aromatic nitrogens is 1. The second-order valence-electron chi connectivity index (χ2n) is 3.97. The first-order valence-electron chi connectivity index (χ1n) is 6.05. The van der Waals surface area contributed by atoms with E-state index in [9.17, 15) is 9.59 Å². The van der Waals surface area contributed by atoms with E-state index in [1.165, 1.54) is 12.0 Å². The zero-order valence-corrected chi connectivity index (χ0v) is 13.1. The maximum atomic E-state index is 12.3. The zero-order valence-electron chi connectivity index (χ0n) is 11.5. The molecule has 1 rings (SSSR count). The van der Waals surface area contributed by atoms with Gasteiger partial charge in [-0.25, -0.2) is 4.98 Å². The van der Waals surface area contributed by atoms with Gasteiger partial charge in [0, 0.05) is 30.9 Å². The van der Waals surface area contributed by atoms with Gasteiger partial charge in [0.25, 0.3) is 5.91 Å². The molecule has 0 aliphatic rings. The Morgan fingerprint density at radius 2 is 2.05 bits per heavy atom. The van der Waals surface area contributed by atoms with Crippen LogP contribution in [-0.4, -0.2) is 55.7 Å². The number of halogens is 1. The molecule has 1 heterocycles. The van der Waals surface area contributed by atoms with Gasteiger partial charge in [-0.05, 0) is 28.1 Å². The number of hydrogen-bond acceptors (Lipinski definition) is 5. The molecule has 7 heteroatoms. The topological polar surface area (TPSA) is 68.7 Å². The van der Waals surface area contributed by atoms with Crippen molar-refractivity contribution in [3.63, 3.8) is 0 Å². The lowest BCUT2D eigenvalue weighted by Crippen LogP contribution is -2.36. The molecule has 0 atom stereocenters. The maximum absolute atomic E-state index is 12.3. The number of amides is 1. The van der Waals surface area contributed by atoms with Crippen LogP contribution in [0.15, 0.2) is 22.8 Å². The Bertz CT molecular complexity index is 450. The zero-order chi connectivity index (χ0) is 15.0. The summed E-state index contributed by atoms with van der Waals surface area (Å²) in [5.41, 5.74) is 0.328. The summed E-state index contributed by atoms with van der Waals surface area (Å²) in [5, 5.41) is 0. The highest BCUT2D eigenvalue weighted by Gasteiger charge is 2.18. The van der Waals surface area contributed by atoms with Gasteiger partial charge in [0.1, 0.15) is 5.69 Å². The van der Waals surface area contributed by atoms with Crippen LogP contribution in [0.4, 0.5) is 0 Å². The Hall–Kier alpha value is -1.47. The summed E-state index contributed by atoms with van der Waals surface area (Å²) in [6.07, 6.45) is 1.70. The number of rotatable bonds is 7. The fourth-order valence-electron chi connectivity index (χ4n) is 1.51. The number of pyridine rings is 1. The standard InChI is InChI=1S/C13H17BrN2O4/c1-19-8-7-16(6-5-12(17)20-2)13(18)11-4-3-10(14)9-15-11/h3-4,9H,5-8H2,1-2H3. The van der Waals surface area contributed by atoms with E-state index in [0.717, 1.165) is 4.47 Å². The molecule has 0 spiro atoms. The van der Waals surface area contributed by atoms with E-state index >= 15 is 0 Å². The highest BCUT2D eigenvalue weighted by molar-refractivity contribution is 9.10. The minimum absolute atomic E-state index is 0.141. The monoisotopic (exact) mass is 344 g/mol. The normalized spacial score (nSPS) is 10.2. The summed E-state index contributed by atoms with van der Waals surface area (Å²) in [6.45, 7) is 1.06. The Labute approximate surface area is 126 Å². The fourth-order valence-corrected chi connectivity index (χ4v) is 1.74. The second kappa shape index (κ2) is 8.65. The third kappa shape index (κ3) is 5.26. The van der Waals surface area contributed by atoms with Crippen molar-refractivity contribution in [2.45, 2.75) is 6.42 Å². The summed E-state index contributed by atoms with van der Waals surface area (Å²) < 4.78 is 10.3. The van der Waals surface area contributed by atoms with E-state index in [-0.39, 0.29) is 24.8 Å². The molecular formula is C13H17BrN2O4. The van der Waals surface area contributed by atoms with E-state index in [1.54, 1.807) is 25.4 Å². The van der Waals surface area contributed by atoms with E-state index in [1.807, 2.05) is 0 Å². The minimum Gasteiger partial charge on any atom is -0.469 e. The summed E-state index contributed by atoms with van der Waals surface area (Å²) in [7, 11) is 2.88. The highest BCUT2D eigenvalue weighted by Crippen LogP contribution is 2.09. The molecule has 1 amide bonds. The van der Waals surface area contributed by atoms with Gasteiger partial charge >= 0.3 is 5.97 Å². The smallest absolute Gasteiger partial charge is 0.307 e. The first-order chi connectivity index (χ1) is 9.58. The molecule has 0 N–H and O–H groups in total. The number of methoxy groups -OCH3 is 2. The molecule has 0 unspecified atom stereocenters. The number of hydrogen-bond donors (Lipinski definition) is 0. The average molecular weight is 345 g/mol. The van der Waals surface area contributed by atoms with Crippen LogP contribution in [0.1, 0.15) is 16.9 Å². The lowest BCUT2D eigenvalue weighted by molar-refractivity contribution is -0.140. The third-order valence-corrected chi connectivity index (χ3v) is 3.08. The van der Waals surface area contributed by atoms with Crippen LogP contribution in [0.25, 0.3) is 0 Å². The molecule has 0 bridgehead atoms. The van der Waals surface area contributed by atoms with Crippen LogP contribution in [0, 0.1) is 0 Å². The van der Waals surface area contributed by atoms with Crippen LogP contribution in [0.5, 0.6) is 0 Å². The Morgan fingerprint density at radius 3 is 2.60 bits per heavy atom. The Balaban J connectivity index is 2.72. The van der Waals surface area contributed by atoms with Crippen molar-refractivity contribution in [2.24, 2.45) is 0 Å². The Kier molecular flexibility index (Phi) is 7.17. The Morgan fingerprint density at radius 1 is 1.30 bits per heavy atom. The molecule has 1 aromatic rings. The largest absolute Gasteiger partial charge is 0.469 e. The van der Waals surface area contributed by atoms with Gasteiger partial charge in [-0.2, -0.15) is 0 Å². The van der Waals surface area contributed by atoms with Crippen molar-refractivity contribution in [1.82, 2.24) is 9.88 Å². The second-order valence-corrected chi connectivity index (χ2v) is 4.89. The van der Waals surface area contributed by atoms with Crippen LogP contribution in [0.3, 0.4) is 0 Å². The van der Waals surface area contributed by atoms with Gasteiger partial charge in [-0.1, -0.05) is 0 Å². The lowest BCUT2D eigenvalue weighted by atomic mass is 10.3. The first kappa shape index (κ1) is 16.6. The van der Waals surface area contributed by atoms with Crippen molar-refractivity contribution in [1.29, 1.82) is 0 Å². The molecule has 0 aliphatic carbocycles. The summed E-state index contributed by atoms with van der Waals surface area (Å²) >= 11 is 3.26. The molecule has 0 saturated carbocycles. The quantitative estimate of drug-likeness (QED) is 0.701. The molecule has 0 fully saturated rings. The molecule has 1 aromatic heterocycles. The number of carbonyl (C=O) groups is 2. The highest BCUT2D eigenvalue weighted by atomic mass is 79.9. The molecule has 0 aliphatic heterocycles. The van der Waals surface area contributed by atoms with Crippen molar-refractivity contribution >= 4 is 27.8 Å². The molecule has 20 heavy (non-hydrogen) atoms. The summed E-state index contributed by atoms with van der Waals surface area (Å²) in [4.78, 5) is 29.1. The van der Waals surface area contributed by atoms with Gasteiger partial charge in [-0.3, -0.25) is 9.59 Å². The van der Waals surface area contributed by atoms with Gasteiger partial charge in [0.15, 0.2) is 0 Å². The van der Waals surface area contributed by atoms with E-state index in [4.69, 9.17) is 4.74 Å². The van der Waals surface area contributed by atoms with Crippen LogP contribution in [0.2, 0.25) is 0 Å². The number of esters is 1. The number of ether oxygens (including phenoxy) is 2. The summed E-state index contributed by atoms with van der Waals surface area (Å²) in [6, 6.07) is 3.37. The van der Waals surface area contributed by atoms with Gasteiger partial charge in [0.2, 0.25) is 0 Å². The molecule has 0 saturated heterocycles. The van der Waals surface area contributed by atoms with Crippen LogP contribution >= 0.6 is 15.9 Å². The number of carbonyl (C=O) groups excluding carboxylic acids is 2. The van der Waals surface area contributed by atoms with Gasteiger partial charge < -0.3 is 14.4 Å². The minimum atomic E-state index is -0.357. The van der Waals surface area contributed by atoms with Crippen molar-refractivity contribution < 1.29 is 19.1 Å². The van der Waals surface area contributed by atoms with Crippen molar-refractivity contribution in [3.8, 4) is 0 Å². The van der Waals surface area contributed by atoms with E-state index < -0.39 is 0 Å². The maximum Gasteiger partial charge on any atom is 0.307 e. The number of nitrogens with zero attached hydrogens (tertiary/aromatic N) is 2. The van der Waals surface area contributed by atoms with E-state index in [2.05, 4.69) is 25.7 Å². The molecule has 0 radical (unpaired) electrons. The average Bonchev–Trinajstić information content (AvgIpc) is 2.47. The van der Waals surface area contributed by atoms with E-state index in [0.29, 0.717) is 18.8 Å². The fraction of sp³-hybridized carbons (Fsp3) is 0.462. The van der Waals surface area contributed by atoms with Gasteiger partial charge in [0.05, 0.1) is 20.1 Å². The third-order valence-electron chi connectivity index (χ3n) is 2.61. The predicted molar refractivity (Wildman–Crippen MR) is 76.3 cm³/mol. The first-order valence-corrected chi connectivity index (χ1v) is 6.84. The predicted octanol–water partition coefficient (Wildman–Crippen LogP) is 1.50. The van der Waals surface area contributed by atoms with Crippen molar-refractivity contribution in [2.75, 3.05) is 33.9 Å². The molecule has 110 valence electrons. The SMILES string of the molecule is COCCN(CCC(=O)OC)C(=O)c1ccc(Br)cn1.